The van der Waals surface area contributed by atoms with E-state index < -0.39 is 5.60 Å². The number of hydrogen-bond acceptors (Lipinski definition) is 4. The van der Waals surface area contributed by atoms with Crippen molar-refractivity contribution in [1.29, 1.82) is 0 Å². The average molecular weight is 381 g/mol. The SMILES string of the molecule is CCC(=O)N1CCOC(Cc2ccc(-c3cccnc3)cc2)(C(=O)N(C)C)C1. The van der Waals surface area contributed by atoms with Crippen LogP contribution in [-0.2, 0) is 20.7 Å². The lowest BCUT2D eigenvalue weighted by Crippen LogP contribution is -2.61. The number of ether oxygens (including phenoxy) is 1. The summed E-state index contributed by atoms with van der Waals surface area (Å²) in [5.74, 6) is -0.0661. The van der Waals surface area contributed by atoms with Gasteiger partial charge >= 0.3 is 0 Å². The average Bonchev–Trinajstić information content (AvgIpc) is 2.73. The summed E-state index contributed by atoms with van der Waals surface area (Å²) in [6, 6.07) is 12.0. The van der Waals surface area contributed by atoms with Gasteiger partial charge in [0.05, 0.1) is 13.2 Å². The topological polar surface area (TPSA) is 62.7 Å². The van der Waals surface area contributed by atoms with Gasteiger partial charge in [-0.3, -0.25) is 14.6 Å². The van der Waals surface area contributed by atoms with Crippen LogP contribution in [0.2, 0.25) is 0 Å². The van der Waals surface area contributed by atoms with E-state index in [1.807, 2.05) is 49.5 Å². The Hall–Kier alpha value is -2.73. The summed E-state index contributed by atoms with van der Waals surface area (Å²) in [6.45, 7) is 3.00. The molecule has 1 saturated heterocycles. The number of carbonyl (C=O) groups excluding carboxylic acids is 2. The lowest BCUT2D eigenvalue weighted by molar-refractivity contribution is -0.172. The second-order valence-electron chi connectivity index (χ2n) is 7.33. The fourth-order valence-electron chi connectivity index (χ4n) is 3.62. The molecular formula is C22H27N3O3. The van der Waals surface area contributed by atoms with Gasteiger partial charge in [-0.1, -0.05) is 37.3 Å². The predicted molar refractivity (Wildman–Crippen MR) is 108 cm³/mol. The Morgan fingerprint density at radius 2 is 1.93 bits per heavy atom. The first kappa shape index (κ1) is 20.0. The van der Waals surface area contributed by atoms with Crippen molar-refractivity contribution in [3.8, 4) is 11.1 Å². The molecule has 1 aromatic heterocycles. The van der Waals surface area contributed by atoms with Crippen molar-refractivity contribution >= 4 is 11.8 Å². The third-order valence-electron chi connectivity index (χ3n) is 5.08. The summed E-state index contributed by atoms with van der Waals surface area (Å²) in [6.07, 6.45) is 4.42. The van der Waals surface area contributed by atoms with Gasteiger partial charge in [-0.05, 0) is 22.8 Å². The minimum atomic E-state index is -1.05. The van der Waals surface area contributed by atoms with Gasteiger partial charge in [-0.2, -0.15) is 0 Å². The van der Waals surface area contributed by atoms with Crippen LogP contribution in [0, 0.1) is 0 Å². The number of morpholine rings is 1. The van der Waals surface area contributed by atoms with Crippen molar-refractivity contribution in [2.45, 2.75) is 25.4 Å². The van der Waals surface area contributed by atoms with Gasteiger partial charge in [-0.15, -0.1) is 0 Å². The van der Waals surface area contributed by atoms with Crippen molar-refractivity contribution in [2.75, 3.05) is 33.8 Å². The van der Waals surface area contributed by atoms with Gasteiger partial charge in [0.1, 0.15) is 0 Å². The number of amides is 2. The molecule has 6 heteroatoms. The van der Waals surface area contributed by atoms with Crippen molar-refractivity contribution in [1.82, 2.24) is 14.8 Å². The van der Waals surface area contributed by atoms with Crippen LogP contribution in [0.5, 0.6) is 0 Å². The first-order chi connectivity index (χ1) is 13.4. The molecule has 1 aliphatic rings. The molecule has 0 spiro atoms. The van der Waals surface area contributed by atoms with E-state index >= 15 is 0 Å². The Labute approximate surface area is 166 Å². The highest BCUT2D eigenvalue weighted by Gasteiger charge is 2.45. The van der Waals surface area contributed by atoms with E-state index in [1.54, 1.807) is 30.1 Å². The Balaban J connectivity index is 1.86. The monoisotopic (exact) mass is 381 g/mol. The van der Waals surface area contributed by atoms with Crippen molar-refractivity contribution in [2.24, 2.45) is 0 Å². The lowest BCUT2D eigenvalue weighted by Gasteiger charge is -2.42. The van der Waals surface area contributed by atoms with Crippen LogP contribution in [0.4, 0.5) is 0 Å². The second-order valence-corrected chi connectivity index (χ2v) is 7.33. The lowest BCUT2D eigenvalue weighted by atomic mass is 9.90. The number of carbonyl (C=O) groups is 2. The van der Waals surface area contributed by atoms with Gasteiger partial charge < -0.3 is 14.5 Å². The fourth-order valence-corrected chi connectivity index (χ4v) is 3.62. The Morgan fingerprint density at radius 3 is 2.54 bits per heavy atom. The zero-order valence-corrected chi connectivity index (χ0v) is 16.7. The molecule has 2 heterocycles. The van der Waals surface area contributed by atoms with E-state index in [-0.39, 0.29) is 18.4 Å². The summed E-state index contributed by atoms with van der Waals surface area (Å²) in [5, 5.41) is 0. The number of hydrogen-bond donors (Lipinski definition) is 0. The maximum Gasteiger partial charge on any atom is 0.256 e. The molecule has 1 fully saturated rings. The van der Waals surface area contributed by atoms with Crippen LogP contribution >= 0.6 is 0 Å². The van der Waals surface area contributed by atoms with Gasteiger partial charge in [0.25, 0.3) is 5.91 Å². The van der Waals surface area contributed by atoms with Crippen LogP contribution in [0.15, 0.2) is 48.8 Å². The van der Waals surface area contributed by atoms with Crippen LogP contribution < -0.4 is 0 Å². The predicted octanol–water partition coefficient (Wildman–Crippen LogP) is 2.39. The van der Waals surface area contributed by atoms with Crippen LogP contribution in [-0.4, -0.2) is 66.0 Å². The highest BCUT2D eigenvalue weighted by atomic mass is 16.5. The number of nitrogens with zero attached hydrogens (tertiary/aromatic N) is 3. The standard InChI is InChI=1S/C22H27N3O3/c1-4-20(26)25-12-13-28-22(16-25,21(27)24(2)3)14-17-7-9-18(10-8-17)19-6-5-11-23-15-19/h5-11,15H,4,12-14,16H2,1-3H3. The Morgan fingerprint density at radius 1 is 1.18 bits per heavy atom. The number of rotatable bonds is 5. The Bertz CT molecular complexity index is 821. The number of pyridine rings is 1. The quantitative estimate of drug-likeness (QED) is 0.798. The molecular weight excluding hydrogens is 354 g/mol. The van der Waals surface area contributed by atoms with Gasteiger partial charge in [0, 0.05) is 45.9 Å². The molecule has 0 saturated carbocycles. The van der Waals surface area contributed by atoms with Gasteiger partial charge in [0.2, 0.25) is 5.91 Å². The highest BCUT2D eigenvalue weighted by Crippen LogP contribution is 2.27. The van der Waals surface area contributed by atoms with E-state index in [9.17, 15) is 9.59 Å². The molecule has 0 bridgehead atoms. The molecule has 0 aliphatic carbocycles. The maximum atomic E-state index is 13.0. The van der Waals surface area contributed by atoms with Gasteiger partial charge in [0.15, 0.2) is 5.60 Å². The molecule has 6 nitrogen and oxygen atoms in total. The largest absolute Gasteiger partial charge is 0.361 e. The molecule has 2 amide bonds. The zero-order chi connectivity index (χ0) is 20.1. The highest BCUT2D eigenvalue weighted by molar-refractivity contribution is 5.87. The van der Waals surface area contributed by atoms with Crippen molar-refractivity contribution in [3.05, 3.63) is 54.4 Å². The first-order valence-electron chi connectivity index (χ1n) is 9.58. The summed E-state index contributed by atoms with van der Waals surface area (Å²) < 4.78 is 6.04. The second kappa shape index (κ2) is 8.52. The third kappa shape index (κ3) is 4.22. The summed E-state index contributed by atoms with van der Waals surface area (Å²) >= 11 is 0. The summed E-state index contributed by atoms with van der Waals surface area (Å²) in [5.41, 5.74) is 2.05. The molecule has 0 N–H and O–H groups in total. The first-order valence-corrected chi connectivity index (χ1v) is 9.58. The normalized spacial score (nSPS) is 19.3. The Kier molecular flexibility index (Phi) is 6.09. The van der Waals surface area contributed by atoms with E-state index in [0.29, 0.717) is 26.0 Å². The van der Waals surface area contributed by atoms with E-state index in [4.69, 9.17) is 4.74 Å². The number of likely N-dealkylation sites (N-methyl/N-ethyl adjacent to an activating group) is 1. The van der Waals surface area contributed by atoms with Crippen LogP contribution in [0.1, 0.15) is 18.9 Å². The minimum Gasteiger partial charge on any atom is -0.361 e. The van der Waals surface area contributed by atoms with Crippen molar-refractivity contribution < 1.29 is 14.3 Å². The molecule has 2 aromatic rings. The minimum absolute atomic E-state index is 0.0474. The third-order valence-corrected chi connectivity index (χ3v) is 5.08. The molecule has 28 heavy (non-hydrogen) atoms. The van der Waals surface area contributed by atoms with Gasteiger partial charge in [-0.25, -0.2) is 0 Å². The number of aromatic nitrogens is 1. The molecule has 0 radical (unpaired) electrons. The maximum absolute atomic E-state index is 13.0. The molecule has 1 unspecified atom stereocenters. The van der Waals surface area contributed by atoms with Crippen LogP contribution in [0.25, 0.3) is 11.1 Å². The molecule has 148 valence electrons. The summed E-state index contributed by atoms with van der Waals surface area (Å²) in [4.78, 5) is 32.7. The molecule has 3 rings (SSSR count). The van der Waals surface area contributed by atoms with Crippen LogP contribution in [0.3, 0.4) is 0 Å². The fraction of sp³-hybridized carbons (Fsp3) is 0.409. The van der Waals surface area contributed by atoms with E-state index in [2.05, 4.69) is 4.98 Å². The summed E-state index contributed by atoms with van der Waals surface area (Å²) in [7, 11) is 3.44. The van der Waals surface area contributed by atoms with E-state index in [1.165, 1.54) is 0 Å². The number of benzene rings is 1. The molecule has 1 atom stereocenters. The smallest absolute Gasteiger partial charge is 0.256 e. The van der Waals surface area contributed by atoms with E-state index in [0.717, 1.165) is 16.7 Å². The molecule has 1 aromatic carbocycles. The zero-order valence-electron chi connectivity index (χ0n) is 16.7. The molecule has 1 aliphatic heterocycles. The van der Waals surface area contributed by atoms with Crippen molar-refractivity contribution in [3.63, 3.8) is 0 Å².